The third-order valence-corrected chi connectivity index (χ3v) is 2.38. The number of benzene rings is 1. The third kappa shape index (κ3) is 1.96. The van der Waals surface area contributed by atoms with E-state index in [-0.39, 0.29) is 0 Å². The molecule has 1 aromatic heterocycles. The molecule has 17 heavy (non-hydrogen) atoms. The lowest BCUT2D eigenvalue weighted by Crippen LogP contribution is -2.37. The molecule has 6 nitrogen and oxygen atoms in total. The van der Waals surface area contributed by atoms with Crippen LogP contribution in [0.3, 0.4) is 0 Å². The summed E-state index contributed by atoms with van der Waals surface area (Å²) >= 11 is 0. The van der Waals surface area contributed by atoms with Crippen LogP contribution in [0.2, 0.25) is 0 Å². The van der Waals surface area contributed by atoms with Crippen molar-refractivity contribution in [2.24, 2.45) is 5.73 Å². The molecule has 0 unspecified atom stereocenters. The fourth-order valence-electron chi connectivity index (χ4n) is 1.52. The first kappa shape index (κ1) is 11.1. The minimum atomic E-state index is -0.996. The molecule has 0 aliphatic heterocycles. The molecule has 2 rings (SSSR count). The van der Waals surface area contributed by atoms with Gasteiger partial charge in [0.25, 0.3) is 0 Å². The zero-order chi connectivity index (χ0) is 12.6. The van der Waals surface area contributed by atoms with Crippen LogP contribution in [0.15, 0.2) is 22.6 Å². The van der Waals surface area contributed by atoms with E-state index in [0.29, 0.717) is 22.7 Å². The Balaban J connectivity index is 2.42. The Morgan fingerprint density at radius 3 is 2.76 bits per heavy atom. The number of hydrogen-bond acceptors (Lipinski definition) is 4. The summed E-state index contributed by atoms with van der Waals surface area (Å²) in [7, 11) is 1.47. The van der Waals surface area contributed by atoms with Crippen LogP contribution in [0.5, 0.6) is 0 Å². The van der Waals surface area contributed by atoms with Crippen LogP contribution >= 0.6 is 0 Å². The lowest BCUT2D eigenvalue weighted by atomic mass is 10.2. The normalized spacial score (nSPS) is 10.5. The Morgan fingerprint density at radius 2 is 2.12 bits per heavy atom. The van der Waals surface area contributed by atoms with Crippen molar-refractivity contribution < 1.29 is 14.0 Å². The minimum absolute atomic E-state index is 0.537. The van der Waals surface area contributed by atoms with E-state index in [1.54, 1.807) is 25.1 Å². The monoisotopic (exact) mass is 233 g/mol. The Kier molecular flexibility index (Phi) is 2.55. The van der Waals surface area contributed by atoms with Gasteiger partial charge in [-0.15, -0.1) is 0 Å². The van der Waals surface area contributed by atoms with Gasteiger partial charge in [0.15, 0.2) is 11.5 Å². The van der Waals surface area contributed by atoms with Gasteiger partial charge in [-0.3, -0.25) is 9.59 Å². The molecule has 0 saturated carbocycles. The first-order valence-electron chi connectivity index (χ1n) is 4.93. The first-order valence-corrected chi connectivity index (χ1v) is 4.93. The van der Waals surface area contributed by atoms with Crippen LogP contribution in [-0.4, -0.2) is 23.8 Å². The average molecular weight is 233 g/mol. The predicted molar refractivity (Wildman–Crippen MR) is 61.4 cm³/mol. The average Bonchev–Trinajstić information content (AvgIpc) is 2.65. The van der Waals surface area contributed by atoms with Crippen molar-refractivity contribution in [3.63, 3.8) is 0 Å². The molecule has 0 fully saturated rings. The van der Waals surface area contributed by atoms with E-state index in [1.165, 1.54) is 11.9 Å². The molecule has 1 heterocycles. The summed E-state index contributed by atoms with van der Waals surface area (Å²) in [5.41, 5.74) is 6.72. The number of likely N-dealkylation sites (N-methyl/N-ethyl adjacent to an activating group) is 1. The molecule has 6 heteroatoms. The van der Waals surface area contributed by atoms with Crippen molar-refractivity contribution >= 4 is 28.6 Å². The minimum Gasteiger partial charge on any atom is -0.441 e. The fourth-order valence-corrected chi connectivity index (χ4v) is 1.52. The lowest BCUT2D eigenvalue weighted by Gasteiger charge is -2.14. The number of nitrogens with zero attached hydrogens (tertiary/aromatic N) is 2. The maximum absolute atomic E-state index is 11.4. The van der Waals surface area contributed by atoms with Crippen LogP contribution in [0.4, 0.5) is 5.69 Å². The van der Waals surface area contributed by atoms with Crippen molar-refractivity contribution in [3.8, 4) is 0 Å². The van der Waals surface area contributed by atoms with Gasteiger partial charge in [-0.1, -0.05) is 0 Å². The number of amides is 2. The molecular formula is C11H11N3O3. The van der Waals surface area contributed by atoms with E-state index in [4.69, 9.17) is 10.2 Å². The van der Waals surface area contributed by atoms with Gasteiger partial charge in [0.05, 0.1) is 0 Å². The first-order chi connectivity index (χ1) is 7.99. The van der Waals surface area contributed by atoms with E-state index >= 15 is 0 Å². The summed E-state index contributed by atoms with van der Waals surface area (Å²) < 4.78 is 5.30. The summed E-state index contributed by atoms with van der Waals surface area (Å²) in [5.74, 6) is -1.23. The molecule has 2 amide bonds. The third-order valence-electron chi connectivity index (χ3n) is 2.38. The molecule has 2 N–H and O–H groups in total. The molecule has 0 radical (unpaired) electrons. The van der Waals surface area contributed by atoms with E-state index in [2.05, 4.69) is 4.98 Å². The zero-order valence-electron chi connectivity index (χ0n) is 9.43. The summed E-state index contributed by atoms with van der Waals surface area (Å²) in [6, 6.07) is 5.01. The van der Waals surface area contributed by atoms with Crippen molar-refractivity contribution in [1.82, 2.24) is 4.98 Å². The number of anilines is 1. The number of primary amides is 1. The van der Waals surface area contributed by atoms with Gasteiger partial charge < -0.3 is 15.1 Å². The summed E-state index contributed by atoms with van der Waals surface area (Å²) in [4.78, 5) is 27.5. The number of carbonyl (C=O) groups is 2. The van der Waals surface area contributed by atoms with Crippen molar-refractivity contribution in [2.75, 3.05) is 11.9 Å². The summed E-state index contributed by atoms with van der Waals surface area (Å²) in [6.07, 6.45) is 0. The zero-order valence-corrected chi connectivity index (χ0v) is 9.43. The highest BCUT2D eigenvalue weighted by atomic mass is 16.3. The molecule has 0 spiro atoms. The van der Waals surface area contributed by atoms with E-state index in [1.807, 2.05) is 0 Å². The summed E-state index contributed by atoms with van der Waals surface area (Å²) in [5, 5.41) is 0. The van der Waals surface area contributed by atoms with Gasteiger partial charge in [-0.2, -0.15) is 0 Å². The van der Waals surface area contributed by atoms with Crippen LogP contribution in [0.1, 0.15) is 5.89 Å². The van der Waals surface area contributed by atoms with Gasteiger partial charge in [0.1, 0.15) is 5.52 Å². The van der Waals surface area contributed by atoms with Gasteiger partial charge >= 0.3 is 11.8 Å². The van der Waals surface area contributed by atoms with Crippen molar-refractivity contribution in [1.29, 1.82) is 0 Å². The number of oxazole rings is 1. The van der Waals surface area contributed by atoms with Crippen LogP contribution in [-0.2, 0) is 9.59 Å². The second-order valence-corrected chi connectivity index (χ2v) is 3.61. The lowest BCUT2D eigenvalue weighted by molar-refractivity contribution is -0.135. The Bertz CT molecular complexity index is 603. The number of fused-ring (bicyclic) bond motifs is 1. The number of carbonyl (C=O) groups excluding carboxylic acids is 2. The Labute approximate surface area is 97.0 Å². The second-order valence-electron chi connectivity index (χ2n) is 3.61. The second kappa shape index (κ2) is 3.89. The molecule has 2 aromatic rings. The molecule has 88 valence electrons. The van der Waals surface area contributed by atoms with Crippen LogP contribution < -0.4 is 10.6 Å². The number of rotatable bonds is 1. The topological polar surface area (TPSA) is 89.4 Å². The van der Waals surface area contributed by atoms with Crippen LogP contribution in [0.25, 0.3) is 11.1 Å². The van der Waals surface area contributed by atoms with E-state index < -0.39 is 11.8 Å². The largest absolute Gasteiger partial charge is 0.441 e. The van der Waals surface area contributed by atoms with Gasteiger partial charge in [-0.05, 0) is 18.2 Å². The van der Waals surface area contributed by atoms with Crippen molar-refractivity contribution in [2.45, 2.75) is 6.92 Å². The summed E-state index contributed by atoms with van der Waals surface area (Å²) in [6.45, 7) is 1.73. The quantitative estimate of drug-likeness (QED) is 0.730. The smallest absolute Gasteiger partial charge is 0.315 e. The number of aryl methyl sites for hydroxylation is 1. The standard InChI is InChI=1S/C11H11N3O3/c1-6-13-8-5-7(3-4-9(8)17-6)14(2)11(16)10(12)15/h3-5H,1-2H3,(H2,12,15). The predicted octanol–water partition coefficient (Wildman–Crippen LogP) is 0.584. The molecule has 0 bridgehead atoms. The highest BCUT2D eigenvalue weighted by Gasteiger charge is 2.17. The number of hydrogen-bond donors (Lipinski definition) is 1. The molecule has 0 aliphatic carbocycles. The number of aromatic nitrogens is 1. The molecule has 0 atom stereocenters. The van der Waals surface area contributed by atoms with Gasteiger partial charge in [0, 0.05) is 19.7 Å². The molecule has 1 aromatic carbocycles. The fraction of sp³-hybridized carbons (Fsp3) is 0.182. The van der Waals surface area contributed by atoms with E-state index in [9.17, 15) is 9.59 Å². The van der Waals surface area contributed by atoms with Crippen LogP contribution in [0, 0.1) is 6.92 Å². The van der Waals surface area contributed by atoms with Gasteiger partial charge in [0.2, 0.25) is 0 Å². The maximum Gasteiger partial charge on any atom is 0.315 e. The Hall–Kier alpha value is -2.37. The molecule has 0 aliphatic rings. The highest BCUT2D eigenvalue weighted by molar-refractivity contribution is 6.39. The van der Waals surface area contributed by atoms with Gasteiger partial charge in [-0.25, -0.2) is 4.98 Å². The highest BCUT2D eigenvalue weighted by Crippen LogP contribution is 2.21. The maximum atomic E-state index is 11.4. The SMILES string of the molecule is Cc1nc2cc(N(C)C(=O)C(N)=O)ccc2o1. The van der Waals surface area contributed by atoms with Crippen molar-refractivity contribution in [3.05, 3.63) is 24.1 Å². The molecular weight excluding hydrogens is 222 g/mol. The van der Waals surface area contributed by atoms with E-state index in [0.717, 1.165) is 0 Å². The Morgan fingerprint density at radius 1 is 1.41 bits per heavy atom. The number of nitrogens with two attached hydrogens (primary N) is 1. The molecule has 0 saturated heterocycles.